The first-order valence-electron chi connectivity index (χ1n) is 12.7. The number of methoxy groups -OCH3 is 3. The molecule has 2 aliphatic heterocycles. The molecule has 0 aliphatic carbocycles. The van der Waals surface area contributed by atoms with Crippen molar-refractivity contribution in [3.63, 3.8) is 0 Å². The zero-order valence-electron chi connectivity index (χ0n) is 21.6. The summed E-state index contributed by atoms with van der Waals surface area (Å²) in [6.07, 6.45) is 4.25. The van der Waals surface area contributed by atoms with Crippen molar-refractivity contribution < 1.29 is 23.3 Å². The standard InChI is InChI=1S/C28H33FN4O4/c1-34-24-14-19(15-25(35-2)26(24)36-3)17-32-13-10-23-22(18-32)27(37-21-9-7-8-20(29)16-21)31-28(30-23)33-11-5-4-6-12-33/h7-9,14-16H,4-6,10-13,17-18H2,1-3H3. The van der Waals surface area contributed by atoms with E-state index >= 15 is 0 Å². The molecule has 0 radical (unpaired) electrons. The lowest BCUT2D eigenvalue weighted by Gasteiger charge is -2.32. The molecule has 1 aromatic heterocycles. The molecular formula is C28H33FN4O4. The van der Waals surface area contributed by atoms with Gasteiger partial charge in [-0.05, 0) is 49.1 Å². The maximum Gasteiger partial charge on any atom is 0.228 e. The summed E-state index contributed by atoms with van der Waals surface area (Å²) in [5, 5.41) is 0. The van der Waals surface area contributed by atoms with Crippen LogP contribution < -0.4 is 23.8 Å². The van der Waals surface area contributed by atoms with Crippen LogP contribution >= 0.6 is 0 Å². The SMILES string of the molecule is COc1cc(CN2CCc3nc(N4CCCCC4)nc(Oc4cccc(F)c4)c3C2)cc(OC)c1OC. The third-order valence-corrected chi connectivity index (χ3v) is 6.87. The number of fused-ring (bicyclic) bond motifs is 1. The Hall–Kier alpha value is -3.59. The van der Waals surface area contributed by atoms with Gasteiger partial charge in [0.2, 0.25) is 17.6 Å². The molecule has 196 valence electrons. The van der Waals surface area contributed by atoms with Gasteiger partial charge in [0, 0.05) is 45.2 Å². The summed E-state index contributed by atoms with van der Waals surface area (Å²) in [5.41, 5.74) is 2.96. The van der Waals surface area contributed by atoms with Crippen LogP contribution in [0.2, 0.25) is 0 Å². The van der Waals surface area contributed by atoms with Gasteiger partial charge in [0.1, 0.15) is 11.6 Å². The molecule has 0 N–H and O–H groups in total. The zero-order valence-corrected chi connectivity index (χ0v) is 21.6. The lowest BCUT2D eigenvalue weighted by Crippen LogP contribution is -2.34. The minimum Gasteiger partial charge on any atom is -0.493 e. The maximum absolute atomic E-state index is 13.9. The van der Waals surface area contributed by atoms with E-state index in [1.165, 1.54) is 18.6 Å². The number of nitrogens with zero attached hydrogens (tertiary/aromatic N) is 4. The number of rotatable bonds is 8. The van der Waals surface area contributed by atoms with Gasteiger partial charge in [-0.25, -0.2) is 9.37 Å². The second-order valence-electron chi connectivity index (χ2n) is 9.36. The van der Waals surface area contributed by atoms with Crippen LogP contribution in [0.25, 0.3) is 0 Å². The van der Waals surface area contributed by atoms with E-state index in [0.29, 0.717) is 47.9 Å². The van der Waals surface area contributed by atoms with Crippen LogP contribution in [0.3, 0.4) is 0 Å². The number of piperidine rings is 1. The number of hydrogen-bond acceptors (Lipinski definition) is 8. The van der Waals surface area contributed by atoms with Crippen LogP contribution in [0, 0.1) is 5.82 Å². The van der Waals surface area contributed by atoms with Crippen LogP contribution in [0.4, 0.5) is 10.3 Å². The molecule has 9 heteroatoms. The Labute approximate surface area is 216 Å². The highest BCUT2D eigenvalue weighted by Crippen LogP contribution is 2.39. The fourth-order valence-corrected chi connectivity index (χ4v) is 5.01. The molecule has 0 spiro atoms. The quantitative estimate of drug-likeness (QED) is 0.422. The smallest absolute Gasteiger partial charge is 0.228 e. The molecule has 0 saturated carbocycles. The summed E-state index contributed by atoms with van der Waals surface area (Å²) < 4.78 is 36.6. The van der Waals surface area contributed by atoms with Gasteiger partial charge < -0.3 is 23.8 Å². The van der Waals surface area contributed by atoms with E-state index in [-0.39, 0.29) is 5.82 Å². The summed E-state index contributed by atoms with van der Waals surface area (Å²) >= 11 is 0. The van der Waals surface area contributed by atoms with Crippen molar-refractivity contribution in [1.82, 2.24) is 14.9 Å². The molecule has 1 saturated heterocycles. The van der Waals surface area contributed by atoms with E-state index in [2.05, 4.69) is 9.80 Å². The Morgan fingerprint density at radius 2 is 1.65 bits per heavy atom. The van der Waals surface area contributed by atoms with Crippen molar-refractivity contribution in [2.45, 2.75) is 38.8 Å². The van der Waals surface area contributed by atoms with Crippen molar-refractivity contribution >= 4 is 5.95 Å². The molecule has 2 aliphatic rings. The van der Waals surface area contributed by atoms with Gasteiger partial charge >= 0.3 is 0 Å². The van der Waals surface area contributed by atoms with Crippen LogP contribution in [0.5, 0.6) is 28.9 Å². The minimum absolute atomic E-state index is 0.347. The average molecular weight is 509 g/mol. The van der Waals surface area contributed by atoms with Gasteiger partial charge in [-0.3, -0.25) is 4.90 Å². The first-order valence-corrected chi connectivity index (χ1v) is 12.7. The largest absolute Gasteiger partial charge is 0.493 e. The average Bonchev–Trinajstić information content (AvgIpc) is 2.93. The van der Waals surface area contributed by atoms with Crippen molar-refractivity contribution in [1.29, 1.82) is 0 Å². The first-order chi connectivity index (χ1) is 18.1. The fourth-order valence-electron chi connectivity index (χ4n) is 5.01. The minimum atomic E-state index is -0.347. The predicted octanol–water partition coefficient (Wildman–Crippen LogP) is 4.98. The Morgan fingerprint density at radius 3 is 2.32 bits per heavy atom. The van der Waals surface area contributed by atoms with Crippen molar-refractivity contribution in [2.24, 2.45) is 0 Å². The molecule has 3 aromatic rings. The highest BCUT2D eigenvalue weighted by atomic mass is 19.1. The van der Waals surface area contributed by atoms with Crippen LogP contribution in [-0.4, -0.2) is 55.8 Å². The molecule has 5 rings (SSSR count). The van der Waals surface area contributed by atoms with Crippen LogP contribution in [-0.2, 0) is 19.5 Å². The molecule has 2 aromatic carbocycles. The number of anilines is 1. The molecule has 8 nitrogen and oxygen atoms in total. The van der Waals surface area contributed by atoms with Crippen LogP contribution in [0.1, 0.15) is 36.1 Å². The van der Waals surface area contributed by atoms with E-state index in [1.807, 2.05) is 12.1 Å². The van der Waals surface area contributed by atoms with Crippen molar-refractivity contribution in [3.8, 4) is 28.9 Å². The topological polar surface area (TPSA) is 69.2 Å². The van der Waals surface area contributed by atoms with Crippen LogP contribution in [0.15, 0.2) is 36.4 Å². The molecule has 0 amide bonds. The molecule has 3 heterocycles. The zero-order chi connectivity index (χ0) is 25.8. The third-order valence-electron chi connectivity index (χ3n) is 6.87. The van der Waals surface area contributed by atoms with E-state index in [0.717, 1.165) is 55.7 Å². The lowest BCUT2D eigenvalue weighted by atomic mass is 10.0. The summed E-state index contributed by atoms with van der Waals surface area (Å²) in [4.78, 5) is 14.3. The Balaban J connectivity index is 1.44. The molecule has 37 heavy (non-hydrogen) atoms. The summed E-state index contributed by atoms with van der Waals surface area (Å²) in [6.45, 7) is 3.98. The van der Waals surface area contributed by atoms with Crippen molar-refractivity contribution in [2.75, 3.05) is 45.9 Å². The molecular weight excluding hydrogens is 475 g/mol. The van der Waals surface area contributed by atoms with E-state index in [9.17, 15) is 4.39 Å². The number of hydrogen-bond donors (Lipinski definition) is 0. The Bertz CT molecular complexity index is 1220. The van der Waals surface area contributed by atoms with Gasteiger partial charge in [0.15, 0.2) is 11.5 Å². The van der Waals surface area contributed by atoms with E-state index in [4.69, 9.17) is 28.9 Å². The van der Waals surface area contributed by atoms with Gasteiger partial charge in [-0.15, -0.1) is 0 Å². The Morgan fingerprint density at radius 1 is 0.892 bits per heavy atom. The number of ether oxygens (including phenoxy) is 4. The number of benzene rings is 2. The highest BCUT2D eigenvalue weighted by molar-refractivity contribution is 5.54. The first kappa shape index (κ1) is 25.1. The molecule has 0 bridgehead atoms. The summed E-state index contributed by atoms with van der Waals surface area (Å²) in [6, 6.07) is 10.1. The predicted molar refractivity (Wildman–Crippen MR) is 138 cm³/mol. The monoisotopic (exact) mass is 508 g/mol. The second-order valence-corrected chi connectivity index (χ2v) is 9.36. The number of halogens is 1. The lowest BCUT2D eigenvalue weighted by molar-refractivity contribution is 0.237. The van der Waals surface area contributed by atoms with Crippen molar-refractivity contribution in [3.05, 3.63) is 59.0 Å². The van der Waals surface area contributed by atoms with Gasteiger partial charge in [-0.1, -0.05) is 6.07 Å². The third kappa shape index (κ3) is 5.56. The maximum atomic E-state index is 13.9. The summed E-state index contributed by atoms with van der Waals surface area (Å²) in [5.74, 6) is 3.08. The van der Waals surface area contributed by atoms with E-state index in [1.54, 1.807) is 33.5 Å². The van der Waals surface area contributed by atoms with Gasteiger partial charge in [0.25, 0.3) is 0 Å². The second kappa shape index (κ2) is 11.2. The van der Waals surface area contributed by atoms with Gasteiger partial charge in [-0.2, -0.15) is 4.98 Å². The number of aromatic nitrogens is 2. The molecule has 1 fully saturated rings. The highest BCUT2D eigenvalue weighted by Gasteiger charge is 2.27. The fraction of sp³-hybridized carbons (Fsp3) is 0.429. The summed E-state index contributed by atoms with van der Waals surface area (Å²) in [7, 11) is 4.83. The molecule has 0 atom stereocenters. The van der Waals surface area contributed by atoms with Gasteiger partial charge in [0.05, 0.1) is 32.6 Å². The molecule has 0 unspecified atom stereocenters. The normalized spacial score (nSPS) is 15.7. The van der Waals surface area contributed by atoms with E-state index < -0.39 is 0 Å². The Kier molecular flexibility index (Phi) is 7.60.